The van der Waals surface area contributed by atoms with Crippen molar-refractivity contribution in [1.29, 1.82) is 0 Å². The number of ether oxygens (including phenoxy) is 1. The van der Waals surface area contributed by atoms with Crippen LogP contribution >= 0.6 is 0 Å². The molecule has 1 unspecified atom stereocenters. The summed E-state index contributed by atoms with van der Waals surface area (Å²) in [5.74, 6) is 1.00. The Morgan fingerprint density at radius 1 is 1.45 bits per heavy atom. The van der Waals surface area contributed by atoms with Crippen LogP contribution in [0.3, 0.4) is 0 Å². The van der Waals surface area contributed by atoms with Crippen LogP contribution in [0.25, 0.3) is 0 Å². The molecular formula is C17H26N4O. The van der Waals surface area contributed by atoms with Gasteiger partial charge in [0.1, 0.15) is 12.1 Å². The number of methoxy groups -OCH3 is 1. The standard InChI is InChI=1S/C17H26N4O/c1-13-3-5-14(6-4-13)19-10-15-9-16(22-2)11-21(15)17-7-8-18-12-20-17/h3,7-8,12,14-16,19H,4-6,9-11H2,1-2H3/t14?,15-,16-/m1/s1. The van der Waals surface area contributed by atoms with E-state index in [1.165, 1.54) is 18.4 Å². The van der Waals surface area contributed by atoms with Gasteiger partial charge in [-0.3, -0.25) is 0 Å². The van der Waals surface area contributed by atoms with E-state index in [1.807, 2.05) is 12.3 Å². The molecule has 1 N–H and O–H groups in total. The number of anilines is 1. The molecule has 5 heteroatoms. The van der Waals surface area contributed by atoms with Crippen LogP contribution in [0.2, 0.25) is 0 Å². The van der Waals surface area contributed by atoms with Gasteiger partial charge in [0.25, 0.3) is 0 Å². The van der Waals surface area contributed by atoms with Crippen molar-refractivity contribution in [3.8, 4) is 0 Å². The summed E-state index contributed by atoms with van der Waals surface area (Å²) in [4.78, 5) is 10.8. The molecule has 0 spiro atoms. The van der Waals surface area contributed by atoms with Crippen LogP contribution in [0.15, 0.2) is 30.2 Å². The Morgan fingerprint density at radius 3 is 3.05 bits per heavy atom. The molecule has 5 nitrogen and oxygen atoms in total. The first-order valence-electron chi connectivity index (χ1n) is 8.20. The molecule has 3 rings (SSSR count). The van der Waals surface area contributed by atoms with Gasteiger partial charge in [0.2, 0.25) is 0 Å². The minimum absolute atomic E-state index is 0.287. The molecule has 120 valence electrons. The Hall–Kier alpha value is -1.46. The second-order valence-corrected chi connectivity index (χ2v) is 6.40. The number of nitrogens with one attached hydrogen (secondary N) is 1. The summed E-state index contributed by atoms with van der Waals surface area (Å²) in [6, 6.07) is 3.03. The van der Waals surface area contributed by atoms with Crippen molar-refractivity contribution in [2.75, 3.05) is 25.1 Å². The van der Waals surface area contributed by atoms with E-state index in [4.69, 9.17) is 4.74 Å². The first-order valence-corrected chi connectivity index (χ1v) is 8.20. The van der Waals surface area contributed by atoms with Gasteiger partial charge in [0.05, 0.1) is 6.10 Å². The van der Waals surface area contributed by atoms with Gasteiger partial charge in [0, 0.05) is 38.5 Å². The third-order valence-electron chi connectivity index (χ3n) is 4.85. The molecule has 1 aliphatic carbocycles. The summed E-state index contributed by atoms with van der Waals surface area (Å²) in [6.07, 6.45) is 10.8. The van der Waals surface area contributed by atoms with Gasteiger partial charge >= 0.3 is 0 Å². The van der Waals surface area contributed by atoms with Gasteiger partial charge in [-0.1, -0.05) is 11.6 Å². The molecule has 1 aromatic heterocycles. The van der Waals surface area contributed by atoms with Gasteiger partial charge in [-0.15, -0.1) is 0 Å². The van der Waals surface area contributed by atoms with Crippen molar-refractivity contribution in [3.63, 3.8) is 0 Å². The van der Waals surface area contributed by atoms with E-state index in [0.717, 1.165) is 31.7 Å². The molecule has 0 bridgehead atoms. The number of hydrogen-bond donors (Lipinski definition) is 1. The first-order chi connectivity index (χ1) is 10.8. The summed E-state index contributed by atoms with van der Waals surface area (Å²) in [5.41, 5.74) is 1.53. The predicted octanol–water partition coefficient (Wildman–Crippen LogP) is 2.16. The van der Waals surface area contributed by atoms with Crippen molar-refractivity contribution in [1.82, 2.24) is 15.3 Å². The fourth-order valence-electron chi connectivity index (χ4n) is 3.43. The predicted molar refractivity (Wildman–Crippen MR) is 88.0 cm³/mol. The van der Waals surface area contributed by atoms with Crippen LogP contribution in [0.5, 0.6) is 0 Å². The highest BCUT2D eigenvalue weighted by Crippen LogP contribution is 2.25. The van der Waals surface area contributed by atoms with E-state index in [-0.39, 0.29) is 6.10 Å². The molecule has 1 aliphatic heterocycles. The lowest BCUT2D eigenvalue weighted by Gasteiger charge is -2.28. The zero-order valence-corrected chi connectivity index (χ0v) is 13.5. The average molecular weight is 302 g/mol. The number of nitrogens with zero attached hydrogens (tertiary/aromatic N) is 3. The molecule has 0 amide bonds. The van der Waals surface area contributed by atoms with Crippen molar-refractivity contribution in [2.45, 2.75) is 50.8 Å². The summed E-state index contributed by atoms with van der Waals surface area (Å²) < 4.78 is 5.58. The summed E-state index contributed by atoms with van der Waals surface area (Å²) in [5, 5.41) is 3.74. The van der Waals surface area contributed by atoms with Gasteiger partial charge in [0.15, 0.2) is 0 Å². The lowest BCUT2D eigenvalue weighted by molar-refractivity contribution is 0.118. The number of allylic oxidation sites excluding steroid dienone is 1. The van der Waals surface area contributed by atoms with E-state index < -0.39 is 0 Å². The molecule has 0 aromatic carbocycles. The quantitative estimate of drug-likeness (QED) is 0.845. The lowest BCUT2D eigenvalue weighted by Crippen LogP contribution is -2.42. The highest BCUT2D eigenvalue weighted by Gasteiger charge is 2.33. The van der Waals surface area contributed by atoms with Crippen LogP contribution in [-0.2, 0) is 4.74 Å². The minimum atomic E-state index is 0.287. The fraction of sp³-hybridized carbons (Fsp3) is 0.647. The number of hydrogen-bond acceptors (Lipinski definition) is 5. The van der Waals surface area contributed by atoms with Crippen molar-refractivity contribution in [3.05, 3.63) is 30.2 Å². The van der Waals surface area contributed by atoms with E-state index in [0.29, 0.717) is 12.1 Å². The Balaban J connectivity index is 1.60. The molecule has 1 saturated heterocycles. The molecule has 1 aromatic rings. The number of rotatable bonds is 5. The van der Waals surface area contributed by atoms with Crippen LogP contribution < -0.4 is 10.2 Å². The van der Waals surface area contributed by atoms with Crippen molar-refractivity contribution < 1.29 is 4.74 Å². The smallest absolute Gasteiger partial charge is 0.132 e. The Bertz CT molecular complexity index is 505. The molecule has 0 saturated carbocycles. The Morgan fingerprint density at radius 2 is 2.36 bits per heavy atom. The average Bonchev–Trinajstić information content (AvgIpc) is 2.98. The third kappa shape index (κ3) is 3.65. The Kier molecular flexibility index (Phi) is 5.05. The van der Waals surface area contributed by atoms with Gasteiger partial charge < -0.3 is 15.0 Å². The molecule has 2 aliphatic rings. The summed E-state index contributed by atoms with van der Waals surface area (Å²) >= 11 is 0. The molecule has 1 fully saturated rings. The second kappa shape index (κ2) is 7.20. The monoisotopic (exact) mass is 302 g/mol. The molecule has 0 radical (unpaired) electrons. The molecule has 22 heavy (non-hydrogen) atoms. The minimum Gasteiger partial charge on any atom is -0.380 e. The van der Waals surface area contributed by atoms with Crippen molar-refractivity contribution >= 4 is 5.82 Å². The highest BCUT2D eigenvalue weighted by atomic mass is 16.5. The Labute approximate surface area is 132 Å². The van der Waals surface area contributed by atoms with E-state index in [9.17, 15) is 0 Å². The zero-order chi connectivity index (χ0) is 15.4. The second-order valence-electron chi connectivity index (χ2n) is 6.40. The number of aromatic nitrogens is 2. The van der Waals surface area contributed by atoms with Gasteiger partial charge in [-0.05, 0) is 38.7 Å². The van der Waals surface area contributed by atoms with E-state index in [2.05, 4.69) is 33.2 Å². The summed E-state index contributed by atoms with van der Waals surface area (Å²) in [6.45, 7) is 4.12. The largest absolute Gasteiger partial charge is 0.380 e. The lowest BCUT2D eigenvalue weighted by atomic mass is 9.96. The van der Waals surface area contributed by atoms with Crippen LogP contribution in [0.4, 0.5) is 5.82 Å². The van der Waals surface area contributed by atoms with Crippen molar-refractivity contribution in [2.24, 2.45) is 0 Å². The molecule has 2 heterocycles. The zero-order valence-electron chi connectivity index (χ0n) is 13.5. The maximum Gasteiger partial charge on any atom is 0.132 e. The van der Waals surface area contributed by atoms with Crippen LogP contribution in [0.1, 0.15) is 32.6 Å². The van der Waals surface area contributed by atoms with Crippen LogP contribution in [-0.4, -0.2) is 48.4 Å². The molecular weight excluding hydrogens is 276 g/mol. The normalized spacial score (nSPS) is 28.7. The SMILES string of the molecule is CO[C@@H]1C[C@H](CNC2CC=C(C)CC2)N(c2ccncn2)C1. The fourth-order valence-corrected chi connectivity index (χ4v) is 3.43. The van der Waals surface area contributed by atoms with Gasteiger partial charge in [-0.2, -0.15) is 0 Å². The highest BCUT2D eigenvalue weighted by molar-refractivity contribution is 5.40. The maximum atomic E-state index is 5.58. The van der Waals surface area contributed by atoms with Gasteiger partial charge in [-0.25, -0.2) is 9.97 Å². The van der Waals surface area contributed by atoms with Crippen LogP contribution in [0, 0.1) is 0 Å². The first kappa shape index (κ1) is 15.4. The summed E-state index contributed by atoms with van der Waals surface area (Å²) in [7, 11) is 1.80. The van der Waals surface area contributed by atoms with E-state index >= 15 is 0 Å². The maximum absolute atomic E-state index is 5.58. The van der Waals surface area contributed by atoms with E-state index in [1.54, 1.807) is 13.4 Å². The molecule has 3 atom stereocenters. The topological polar surface area (TPSA) is 50.3 Å². The third-order valence-corrected chi connectivity index (χ3v) is 4.85.